The fourth-order valence-electron chi connectivity index (χ4n) is 3.30. The topological polar surface area (TPSA) is 60.0 Å². The number of hydrogen-bond acceptors (Lipinski definition) is 4. The summed E-state index contributed by atoms with van der Waals surface area (Å²) in [7, 11) is 4.87. The van der Waals surface area contributed by atoms with Crippen LogP contribution in [0.1, 0.15) is 24.4 Å². The van der Waals surface area contributed by atoms with Crippen molar-refractivity contribution >= 4 is 11.7 Å². The third kappa shape index (κ3) is 3.69. The molecule has 1 N–H and O–H groups in total. The molecule has 2 aromatic rings. The van der Waals surface area contributed by atoms with E-state index in [1.165, 1.54) is 0 Å². The summed E-state index contributed by atoms with van der Waals surface area (Å²) in [6.07, 6.45) is 1.86. The van der Waals surface area contributed by atoms with E-state index in [1.54, 1.807) is 21.3 Å². The molecular weight excluding hydrogens is 332 g/mol. The SMILES string of the molecule is COc1ccc(NC(=O)N2CCCC2c2ccc(OC)cc2OC)cc1. The first kappa shape index (κ1) is 17.9. The molecule has 1 unspecified atom stereocenters. The van der Waals surface area contributed by atoms with Crippen LogP contribution in [0.15, 0.2) is 42.5 Å². The molecule has 1 fully saturated rings. The monoisotopic (exact) mass is 356 g/mol. The molecule has 0 aromatic heterocycles. The summed E-state index contributed by atoms with van der Waals surface area (Å²) in [6, 6.07) is 12.9. The summed E-state index contributed by atoms with van der Waals surface area (Å²) in [6.45, 7) is 0.710. The standard InChI is InChI=1S/C20H24N2O4/c1-24-15-8-6-14(7-9-15)21-20(23)22-12-4-5-18(22)17-11-10-16(25-2)13-19(17)26-3/h6-11,13,18H,4-5,12H2,1-3H3,(H,21,23). The van der Waals surface area contributed by atoms with Gasteiger partial charge in [-0.2, -0.15) is 0 Å². The van der Waals surface area contributed by atoms with E-state index < -0.39 is 0 Å². The minimum atomic E-state index is -0.115. The number of urea groups is 1. The van der Waals surface area contributed by atoms with Crippen LogP contribution in [0, 0.1) is 0 Å². The van der Waals surface area contributed by atoms with Crippen molar-refractivity contribution in [3.63, 3.8) is 0 Å². The van der Waals surface area contributed by atoms with Crippen molar-refractivity contribution < 1.29 is 19.0 Å². The van der Waals surface area contributed by atoms with Gasteiger partial charge in [0.25, 0.3) is 0 Å². The van der Waals surface area contributed by atoms with Crippen LogP contribution in [0.25, 0.3) is 0 Å². The molecule has 138 valence electrons. The normalized spacial score (nSPS) is 16.3. The van der Waals surface area contributed by atoms with Crippen LogP contribution in [-0.4, -0.2) is 38.8 Å². The molecule has 1 saturated heterocycles. The number of hydrogen-bond donors (Lipinski definition) is 1. The van der Waals surface area contributed by atoms with Gasteiger partial charge in [-0.05, 0) is 49.2 Å². The van der Waals surface area contributed by atoms with Crippen LogP contribution in [0.2, 0.25) is 0 Å². The van der Waals surface area contributed by atoms with Gasteiger partial charge in [0.2, 0.25) is 0 Å². The van der Waals surface area contributed by atoms with E-state index >= 15 is 0 Å². The Balaban J connectivity index is 1.78. The van der Waals surface area contributed by atoms with Crippen molar-refractivity contribution in [3.05, 3.63) is 48.0 Å². The molecular formula is C20H24N2O4. The summed E-state index contributed by atoms with van der Waals surface area (Å²) in [4.78, 5) is 14.6. The number of ether oxygens (including phenoxy) is 3. The van der Waals surface area contributed by atoms with Crippen LogP contribution in [0.4, 0.5) is 10.5 Å². The van der Waals surface area contributed by atoms with Gasteiger partial charge in [-0.1, -0.05) is 0 Å². The van der Waals surface area contributed by atoms with Crippen molar-refractivity contribution in [1.82, 2.24) is 4.90 Å². The summed E-state index contributed by atoms with van der Waals surface area (Å²) in [5.41, 5.74) is 1.74. The maximum absolute atomic E-state index is 12.8. The molecule has 0 spiro atoms. The second-order valence-corrected chi connectivity index (χ2v) is 6.12. The average molecular weight is 356 g/mol. The zero-order valence-corrected chi connectivity index (χ0v) is 15.3. The van der Waals surface area contributed by atoms with E-state index in [4.69, 9.17) is 14.2 Å². The maximum Gasteiger partial charge on any atom is 0.322 e. The van der Waals surface area contributed by atoms with Gasteiger partial charge in [-0.3, -0.25) is 0 Å². The fourth-order valence-corrected chi connectivity index (χ4v) is 3.30. The van der Waals surface area contributed by atoms with E-state index in [2.05, 4.69) is 5.32 Å². The third-order valence-corrected chi connectivity index (χ3v) is 4.65. The molecule has 2 amide bonds. The lowest BCUT2D eigenvalue weighted by Gasteiger charge is -2.26. The Morgan fingerprint density at radius 1 is 1.00 bits per heavy atom. The third-order valence-electron chi connectivity index (χ3n) is 4.65. The summed E-state index contributed by atoms with van der Waals surface area (Å²) < 4.78 is 15.9. The van der Waals surface area contributed by atoms with Crippen molar-refractivity contribution in [2.24, 2.45) is 0 Å². The van der Waals surface area contributed by atoms with Crippen molar-refractivity contribution in [2.75, 3.05) is 33.2 Å². The molecule has 6 heteroatoms. The Bertz CT molecular complexity index is 761. The Labute approximate surface area is 153 Å². The van der Waals surface area contributed by atoms with Crippen LogP contribution in [0.5, 0.6) is 17.2 Å². The number of methoxy groups -OCH3 is 3. The lowest BCUT2D eigenvalue weighted by atomic mass is 10.0. The highest BCUT2D eigenvalue weighted by atomic mass is 16.5. The quantitative estimate of drug-likeness (QED) is 0.877. The molecule has 1 aliphatic heterocycles. The van der Waals surface area contributed by atoms with Gasteiger partial charge < -0.3 is 24.4 Å². The highest BCUT2D eigenvalue weighted by Crippen LogP contribution is 2.39. The number of anilines is 1. The molecule has 26 heavy (non-hydrogen) atoms. The van der Waals surface area contributed by atoms with E-state index in [1.807, 2.05) is 47.4 Å². The second-order valence-electron chi connectivity index (χ2n) is 6.12. The zero-order valence-electron chi connectivity index (χ0n) is 15.3. The van der Waals surface area contributed by atoms with Gasteiger partial charge in [0.05, 0.1) is 27.4 Å². The predicted molar refractivity (Wildman–Crippen MR) is 100 cm³/mol. The smallest absolute Gasteiger partial charge is 0.322 e. The lowest BCUT2D eigenvalue weighted by molar-refractivity contribution is 0.206. The van der Waals surface area contributed by atoms with Gasteiger partial charge in [-0.15, -0.1) is 0 Å². The number of amides is 2. The Kier molecular flexibility index (Phi) is 5.51. The van der Waals surface area contributed by atoms with Gasteiger partial charge in [0.15, 0.2) is 0 Å². The average Bonchev–Trinajstić information content (AvgIpc) is 3.17. The first-order valence-electron chi connectivity index (χ1n) is 8.60. The summed E-state index contributed by atoms with van der Waals surface area (Å²) in [5, 5.41) is 2.96. The van der Waals surface area contributed by atoms with Gasteiger partial charge in [-0.25, -0.2) is 4.79 Å². The van der Waals surface area contributed by atoms with E-state index in [9.17, 15) is 4.79 Å². The Morgan fingerprint density at radius 3 is 2.35 bits per heavy atom. The van der Waals surface area contributed by atoms with Crippen molar-refractivity contribution in [2.45, 2.75) is 18.9 Å². The lowest BCUT2D eigenvalue weighted by Crippen LogP contribution is -2.34. The van der Waals surface area contributed by atoms with Gasteiger partial charge in [0.1, 0.15) is 17.2 Å². The Morgan fingerprint density at radius 2 is 1.69 bits per heavy atom. The molecule has 3 rings (SSSR count). The second kappa shape index (κ2) is 7.99. The molecule has 0 aliphatic carbocycles. The highest BCUT2D eigenvalue weighted by Gasteiger charge is 2.32. The molecule has 2 aromatic carbocycles. The van der Waals surface area contributed by atoms with Gasteiger partial charge in [0, 0.05) is 23.9 Å². The number of benzene rings is 2. The fraction of sp³-hybridized carbons (Fsp3) is 0.350. The minimum absolute atomic E-state index is 0.0193. The minimum Gasteiger partial charge on any atom is -0.497 e. The number of rotatable bonds is 5. The van der Waals surface area contributed by atoms with Crippen molar-refractivity contribution in [3.8, 4) is 17.2 Å². The molecule has 6 nitrogen and oxygen atoms in total. The molecule has 1 aliphatic rings. The van der Waals surface area contributed by atoms with Crippen LogP contribution in [-0.2, 0) is 0 Å². The number of carbonyl (C=O) groups excluding carboxylic acids is 1. The molecule has 1 heterocycles. The first-order valence-corrected chi connectivity index (χ1v) is 8.60. The zero-order chi connectivity index (χ0) is 18.5. The van der Waals surface area contributed by atoms with Gasteiger partial charge >= 0.3 is 6.03 Å². The van der Waals surface area contributed by atoms with Crippen LogP contribution < -0.4 is 19.5 Å². The van der Waals surface area contributed by atoms with E-state index in [0.717, 1.165) is 41.3 Å². The molecule has 1 atom stereocenters. The van der Waals surface area contributed by atoms with Crippen LogP contribution in [0.3, 0.4) is 0 Å². The van der Waals surface area contributed by atoms with E-state index in [-0.39, 0.29) is 12.1 Å². The number of nitrogens with zero attached hydrogens (tertiary/aromatic N) is 1. The molecule has 0 bridgehead atoms. The van der Waals surface area contributed by atoms with Crippen LogP contribution >= 0.6 is 0 Å². The van der Waals surface area contributed by atoms with E-state index in [0.29, 0.717) is 6.54 Å². The first-order chi connectivity index (χ1) is 12.7. The largest absolute Gasteiger partial charge is 0.497 e. The summed E-state index contributed by atoms with van der Waals surface area (Å²) in [5.74, 6) is 2.22. The molecule has 0 saturated carbocycles. The number of likely N-dealkylation sites (tertiary alicyclic amines) is 1. The predicted octanol–water partition coefficient (Wildman–Crippen LogP) is 4.08. The Hall–Kier alpha value is -2.89. The molecule has 0 radical (unpaired) electrons. The maximum atomic E-state index is 12.8. The summed E-state index contributed by atoms with van der Waals surface area (Å²) >= 11 is 0. The number of nitrogens with one attached hydrogen (secondary N) is 1. The van der Waals surface area contributed by atoms with Crippen molar-refractivity contribution in [1.29, 1.82) is 0 Å². The number of carbonyl (C=O) groups is 1. The highest BCUT2D eigenvalue weighted by molar-refractivity contribution is 5.90.